The fourth-order valence-corrected chi connectivity index (χ4v) is 2.19. The first kappa shape index (κ1) is 9.72. The van der Waals surface area contributed by atoms with E-state index in [0.29, 0.717) is 6.04 Å². The first-order valence-electron chi connectivity index (χ1n) is 5.70. The molecule has 0 aromatic heterocycles. The van der Waals surface area contributed by atoms with Crippen LogP contribution in [0.4, 0.5) is 0 Å². The lowest BCUT2D eigenvalue weighted by Crippen LogP contribution is -2.30. The van der Waals surface area contributed by atoms with E-state index < -0.39 is 0 Å². The summed E-state index contributed by atoms with van der Waals surface area (Å²) in [6, 6.07) is 9.51. The number of hydrogen-bond donors (Lipinski definition) is 1. The van der Waals surface area contributed by atoms with Crippen molar-refractivity contribution in [1.82, 2.24) is 5.32 Å². The molecule has 0 atom stereocenters. The molecule has 0 fully saturated rings. The highest BCUT2D eigenvalue weighted by atomic mass is 14.9. The summed E-state index contributed by atoms with van der Waals surface area (Å²) in [5.74, 6) is 0. The zero-order valence-electron chi connectivity index (χ0n) is 8.92. The highest BCUT2D eigenvalue weighted by Crippen LogP contribution is 2.21. The second-order valence-electron chi connectivity index (χ2n) is 4.18. The Morgan fingerprint density at radius 3 is 2.43 bits per heavy atom. The lowest BCUT2D eigenvalue weighted by atomic mass is 10.1. The van der Waals surface area contributed by atoms with Gasteiger partial charge in [0.05, 0.1) is 0 Å². The highest BCUT2D eigenvalue weighted by Gasteiger charge is 2.19. The summed E-state index contributed by atoms with van der Waals surface area (Å²) in [6.45, 7) is 3.42. The summed E-state index contributed by atoms with van der Waals surface area (Å²) >= 11 is 0. The van der Waals surface area contributed by atoms with Crippen LogP contribution >= 0.6 is 0 Å². The van der Waals surface area contributed by atoms with Crippen molar-refractivity contribution in [1.29, 1.82) is 0 Å². The SMILES string of the molecule is CCCCNC1Cc2ccccc2C1. The van der Waals surface area contributed by atoms with E-state index in [1.165, 1.54) is 32.2 Å². The van der Waals surface area contributed by atoms with Gasteiger partial charge >= 0.3 is 0 Å². The van der Waals surface area contributed by atoms with Gasteiger partial charge in [-0.25, -0.2) is 0 Å². The molecule has 14 heavy (non-hydrogen) atoms. The number of unbranched alkanes of at least 4 members (excludes halogenated alkanes) is 1. The standard InChI is InChI=1S/C13H19N/c1-2-3-8-14-13-9-11-6-4-5-7-12(11)10-13/h4-7,13-14H,2-3,8-10H2,1H3. The zero-order chi connectivity index (χ0) is 9.80. The monoisotopic (exact) mass is 189 g/mol. The second kappa shape index (κ2) is 4.61. The minimum atomic E-state index is 0.693. The van der Waals surface area contributed by atoms with Crippen molar-refractivity contribution in [2.45, 2.75) is 38.6 Å². The quantitative estimate of drug-likeness (QED) is 0.718. The Hall–Kier alpha value is -0.820. The largest absolute Gasteiger partial charge is 0.313 e. The Labute approximate surface area is 86.5 Å². The van der Waals surface area contributed by atoms with Crippen molar-refractivity contribution >= 4 is 0 Å². The predicted molar refractivity (Wildman–Crippen MR) is 60.5 cm³/mol. The molecule has 0 spiro atoms. The minimum absolute atomic E-state index is 0.693. The van der Waals surface area contributed by atoms with Gasteiger partial charge in [0, 0.05) is 6.04 Å². The van der Waals surface area contributed by atoms with Crippen molar-refractivity contribution in [3.63, 3.8) is 0 Å². The minimum Gasteiger partial charge on any atom is -0.313 e. The van der Waals surface area contributed by atoms with Crippen LogP contribution in [-0.2, 0) is 12.8 Å². The van der Waals surface area contributed by atoms with Crippen molar-refractivity contribution in [3.05, 3.63) is 35.4 Å². The summed E-state index contributed by atoms with van der Waals surface area (Å²) in [4.78, 5) is 0. The van der Waals surface area contributed by atoms with Gasteiger partial charge in [0.25, 0.3) is 0 Å². The van der Waals surface area contributed by atoms with Gasteiger partial charge in [-0.1, -0.05) is 37.6 Å². The lowest BCUT2D eigenvalue weighted by molar-refractivity contribution is 0.520. The molecule has 0 aliphatic heterocycles. The number of benzene rings is 1. The Balaban J connectivity index is 1.86. The van der Waals surface area contributed by atoms with E-state index in [-0.39, 0.29) is 0 Å². The third-order valence-electron chi connectivity index (χ3n) is 3.01. The van der Waals surface area contributed by atoms with E-state index in [0.717, 1.165) is 0 Å². The Morgan fingerprint density at radius 2 is 1.86 bits per heavy atom. The summed E-state index contributed by atoms with van der Waals surface area (Å²) in [5.41, 5.74) is 3.09. The number of rotatable bonds is 4. The van der Waals surface area contributed by atoms with Gasteiger partial charge in [-0.3, -0.25) is 0 Å². The van der Waals surface area contributed by atoms with Gasteiger partial charge in [0.2, 0.25) is 0 Å². The van der Waals surface area contributed by atoms with Crippen LogP contribution in [0.5, 0.6) is 0 Å². The molecule has 0 saturated carbocycles. The van der Waals surface area contributed by atoms with Crippen LogP contribution in [0.1, 0.15) is 30.9 Å². The van der Waals surface area contributed by atoms with Crippen molar-refractivity contribution in [2.75, 3.05) is 6.54 Å². The van der Waals surface area contributed by atoms with Crippen LogP contribution in [0.25, 0.3) is 0 Å². The molecular weight excluding hydrogens is 170 g/mol. The van der Waals surface area contributed by atoms with Crippen molar-refractivity contribution < 1.29 is 0 Å². The third-order valence-corrected chi connectivity index (χ3v) is 3.01. The third kappa shape index (κ3) is 2.16. The molecule has 0 unspecified atom stereocenters. The lowest BCUT2D eigenvalue weighted by Gasteiger charge is -2.10. The summed E-state index contributed by atoms with van der Waals surface area (Å²) < 4.78 is 0. The van der Waals surface area contributed by atoms with Crippen LogP contribution in [-0.4, -0.2) is 12.6 Å². The normalized spacial score (nSPS) is 15.8. The van der Waals surface area contributed by atoms with Crippen LogP contribution < -0.4 is 5.32 Å². The molecule has 1 nitrogen and oxygen atoms in total. The van der Waals surface area contributed by atoms with E-state index in [1.807, 2.05) is 0 Å². The molecule has 0 amide bonds. The fourth-order valence-electron chi connectivity index (χ4n) is 2.19. The first-order valence-corrected chi connectivity index (χ1v) is 5.70. The summed E-state index contributed by atoms with van der Waals surface area (Å²) in [6.07, 6.45) is 5.03. The molecule has 1 aliphatic carbocycles. The van der Waals surface area contributed by atoms with Crippen LogP contribution in [0.3, 0.4) is 0 Å². The molecule has 1 N–H and O–H groups in total. The summed E-state index contributed by atoms with van der Waals surface area (Å²) in [5, 5.41) is 3.63. The highest BCUT2D eigenvalue weighted by molar-refractivity contribution is 5.33. The average Bonchev–Trinajstić information content (AvgIpc) is 2.60. The summed E-state index contributed by atoms with van der Waals surface area (Å²) in [7, 11) is 0. The predicted octanol–water partition coefficient (Wildman–Crippen LogP) is 2.54. The smallest absolute Gasteiger partial charge is 0.0148 e. The number of hydrogen-bond acceptors (Lipinski definition) is 1. The topological polar surface area (TPSA) is 12.0 Å². The Kier molecular flexibility index (Phi) is 3.20. The van der Waals surface area contributed by atoms with E-state index in [9.17, 15) is 0 Å². The van der Waals surface area contributed by atoms with E-state index in [2.05, 4.69) is 36.5 Å². The van der Waals surface area contributed by atoms with Gasteiger partial charge in [-0.05, 0) is 36.9 Å². The number of fused-ring (bicyclic) bond motifs is 1. The zero-order valence-corrected chi connectivity index (χ0v) is 8.92. The molecular formula is C13H19N. The molecule has 0 radical (unpaired) electrons. The van der Waals surface area contributed by atoms with E-state index in [1.54, 1.807) is 11.1 Å². The van der Waals surface area contributed by atoms with Gasteiger partial charge in [-0.15, -0.1) is 0 Å². The molecule has 0 heterocycles. The second-order valence-corrected chi connectivity index (χ2v) is 4.18. The van der Waals surface area contributed by atoms with Gasteiger partial charge < -0.3 is 5.32 Å². The average molecular weight is 189 g/mol. The maximum absolute atomic E-state index is 3.63. The van der Waals surface area contributed by atoms with E-state index >= 15 is 0 Å². The van der Waals surface area contributed by atoms with Gasteiger partial charge in [-0.2, -0.15) is 0 Å². The molecule has 1 heteroatoms. The van der Waals surface area contributed by atoms with E-state index in [4.69, 9.17) is 0 Å². The van der Waals surface area contributed by atoms with Crippen molar-refractivity contribution in [2.24, 2.45) is 0 Å². The van der Waals surface area contributed by atoms with Crippen molar-refractivity contribution in [3.8, 4) is 0 Å². The molecule has 1 aromatic carbocycles. The van der Waals surface area contributed by atoms with Gasteiger partial charge in [0.1, 0.15) is 0 Å². The van der Waals surface area contributed by atoms with Crippen LogP contribution in [0.2, 0.25) is 0 Å². The first-order chi connectivity index (χ1) is 6.90. The maximum Gasteiger partial charge on any atom is 0.0148 e. The van der Waals surface area contributed by atoms with Crippen LogP contribution in [0.15, 0.2) is 24.3 Å². The van der Waals surface area contributed by atoms with Crippen LogP contribution in [0, 0.1) is 0 Å². The molecule has 1 aromatic rings. The maximum atomic E-state index is 3.63. The Morgan fingerprint density at radius 1 is 1.21 bits per heavy atom. The molecule has 1 aliphatic rings. The Bertz CT molecular complexity index is 268. The van der Waals surface area contributed by atoms with Gasteiger partial charge in [0.15, 0.2) is 0 Å². The molecule has 2 rings (SSSR count). The fraction of sp³-hybridized carbons (Fsp3) is 0.538. The molecule has 0 saturated heterocycles. The molecule has 0 bridgehead atoms. The number of nitrogens with one attached hydrogen (secondary N) is 1. The molecule has 76 valence electrons.